The Morgan fingerprint density at radius 2 is 1.75 bits per heavy atom. The average molecular weight is 688 g/mol. The summed E-state index contributed by atoms with van der Waals surface area (Å²) in [6, 6.07) is 17.5. The number of carbonyl (C=O) groups is 2. The molecule has 1 saturated heterocycles. The van der Waals surface area contributed by atoms with Crippen LogP contribution in [-0.2, 0) is 15.3 Å². The predicted octanol–water partition coefficient (Wildman–Crippen LogP) is 7.50. The summed E-state index contributed by atoms with van der Waals surface area (Å²) in [5.74, 6) is 0.688. The van der Waals surface area contributed by atoms with Gasteiger partial charge in [-0.1, -0.05) is 78.8 Å². The molecule has 1 N–H and O–H groups in total. The number of carbonyl (C=O) groups excluding carboxylic acids is 2. The van der Waals surface area contributed by atoms with Crippen LogP contribution in [0.1, 0.15) is 61.4 Å². The molecule has 250 valence electrons. The number of anilines is 1. The molecule has 0 spiro atoms. The molecule has 0 unspecified atom stereocenters. The summed E-state index contributed by atoms with van der Waals surface area (Å²) in [6.45, 7) is 7.73. The monoisotopic (exact) mass is 687 g/mol. The minimum Gasteiger partial charge on any atom is -0.507 e. The van der Waals surface area contributed by atoms with Gasteiger partial charge in [-0.05, 0) is 61.7 Å². The first kappa shape index (κ1) is 33.4. The number of aliphatic hydroxyl groups excluding tert-OH is 1. The van der Waals surface area contributed by atoms with E-state index in [1.54, 1.807) is 36.4 Å². The Morgan fingerprint density at radius 3 is 2.52 bits per heavy atom. The molecule has 10 nitrogen and oxygen atoms in total. The standard InChI is InChI=1S/C36H37N3O7S2/c1-4-6-7-16-44-26-14-12-24(19-28(26)43-5-2)31-30(32(40)25-13-15-27-29(20-25)46-18-17-45-27)33(41)34(42)39(31)35-37-38-36(48-35)47-21-23-10-8-22(3)9-11-23/h8-15,19-20,31,40H,4-7,16-18,21H2,1-3H3/t31-/m0/s1. The van der Waals surface area contributed by atoms with Crippen molar-refractivity contribution in [3.8, 4) is 23.0 Å². The van der Waals surface area contributed by atoms with Crippen molar-refractivity contribution in [1.29, 1.82) is 0 Å². The van der Waals surface area contributed by atoms with Gasteiger partial charge in [0.1, 0.15) is 19.0 Å². The summed E-state index contributed by atoms with van der Waals surface area (Å²) < 4.78 is 24.0. The van der Waals surface area contributed by atoms with Crippen molar-refractivity contribution in [3.05, 3.63) is 88.5 Å². The number of unbranched alkanes of at least 4 members (excludes halogenated alkanes) is 2. The molecular weight excluding hydrogens is 651 g/mol. The van der Waals surface area contributed by atoms with E-state index in [2.05, 4.69) is 41.4 Å². The summed E-state index contributed by atoms with van der Waals surface area (Å²) >= 11 is 2.71. The Morgan fingerprint density at radius 1 is 0.958 bits per heavy atom. The molecule has 1 amide bonds. The molecule has 48 heavy (non-hydrogen) atoms. The van der Waals surface area contributed by atoms with E-state index in [-0.39, 0.29) is 16.5 Å². The van der Waals surface area contributed by atoms with E-state index in [9.17, 15) is 14.7 Å². The van der Waals surface area contributed by atoms with Crippen molar-refractivity contribution in [2.24, 2.45) is 0 Å². The number of ether oxygens (including phenoxy) is 4. The molecule has 2 aliphatic heterocycles. The second kappa shape index (κ2) is 15.1. The zero-order chi connectivity index (χ0) is 33.6. The minimum atomic E-state index is -1.02. The van der Waals surface area contributed by atoms with Gasteiger partial charge in [0.15, 0.2) is 27.3 Å². The lowest BCUT2D eigenvalue weighted by atomic mass is 9.95. The number of thioether (sulfide) groups is 1. The largest absolute Gasteiger partial charge is 0.507 e. The van der Waals surface area contributed by atoms with Gasteiger partial charge >= 0.3 is 5.91 Å². The zero-order valence-electron chi connectivity index (χ0n) is 27.1. The number of rotatable bonds is 13. The summed E-state index contributed by atoms with van der Waals surface area (Å²) in [5.41, 5.74) is 3.08. The molecule has 1 atom stereocenters. The molecule has 0 bridgehead atoms. The molecule has 3 heterocycles. The first-order valence-electron chi connectivity index (χ1n) is 16.0. The number of benzene rings is 3. The van der Waals surface area contributed by atoms with Crippen molar-refractivity contribution in [2.45, 2.75) is 56.2 Å². The second-order valence-corrected chi connectivity index (χ2v) is 13.5. The van der Waals surface area contributed by atoms with Crippen LogP contribution in [-0.4, -0.2) is 53.4 Å². The summed E-state index contributed by atoms with van der Waals surface area (Å²) in [5, 5.41) is 20.7. The van der Waals surface area contributed by atoms with Gasteiger partial charge in [-0.2, -0.15) is 0 Å². The van der Waals surface area contributed by atoms with Crippen molar-refractivity contribution in [1.82, 2.24) is 10.2 Å². The van der Waals surface area contributed by atoms with Gasteiger partial charge in [0.2, 0.25) is 5.13 Å². The number of fused-ring (bicyclic) bond motifs is 1. The number of Topliss-reactive ketones (excluding diaryl/α,β-unsaturated/α-hetero) is 1. The van der Waals surface area contributed by atoms with Gasteiger partial charge < -0.3 is 24.1 Å². The minimum absolute atomic E-state index is 0.0835. The number of ketones is 1. The molecule has 0 saturated carbocycles. The van der Waals surface area contributed by atoms with E-state index in [1.165, 1.54) is 33.6 Å². The molecule has 1 fully saturated rings. The van der Waals surface area contributed by atoms with Crippen LogP contribution in [0.15, 0.2) is 70.6 Å². The summed E-state index contributed by atoms with van der Waals surface area (Å²) in [6.07, 6.45) is 3.02. The highest BCUT2D eigenvalue weighted by Crippen LogP contribution is 2.46. The normalized spacial score (nSPS) is 16.7. The third-order valence-electron chi connectivity index (χ3n) is 7.93. The van der Waals surface area contributed by atoms with Crippen LogP contribution >= 0.6 is 23.1 Å². The lowest BCUT2D eigenvalue weighted by molar-refractivity contribution is -0.132. The van der Waals surface area contributed by atoms with Gasteiger partial charge in [-0.25, -0.2) is 0 Å². The Kier molecular flexibility index (Phi) is 10.5. The summed E-state index contributed by atoms with van der Waals surface area (Å²) in [7, 11) is 0. The molecule has 4 aromatic rings. The SMILES string of the molecule is CCCCCOc1ccc([C@H]2C(=C(O)c3ccc4c(c3)OCCO4)C(=O)C(=O)N2c2nnc(SCc3ccc(C)cc3)s2)cc1OCC. The average Bonchev–Trinajstić information content (AvgIpc) is 3.68. The van der Waals surface area contributed by atoms with Crippen LogP contribution in [0.4, 0.5) is 5.13 Å². The van der Waals surface area contributed by atoms with E-state index >= 15 is 0 Å². The van der Waals surface area contributed by atoms with Crippen LogP contribution in [0, 0.1) is 6.92 Å². The smallest absolute Gasteiger partial charge is 0.301 e. The molecule has 3 aromatic carbocycles. The van der Waals surface area contributed by atoms with E-state index in [1.807, 2.05) is 13.8 Å². The molecule has 1 aromatic heterocycles. The topological polar surface area (TPSA) is 120 Å². The molecule has 2 aliphatic rings. The zero-order valence-corrected chi connectivity index (χ0v) is 28.7. The Balaban J connectivity index is 1.40. The van der Waals surface area contributed by atoms with Crippen LogP contribution in [0.25, 0.3) is 5.76 Å². The van der Waals surface area contributed by atoms with E-state index in [0.29, 0.717) is 70.6 Å². The van der Waals surface area contributed by atoms with Gasteiger partial charge in [-0.15, -0.1) is 10.2 Å². The molecule has 6 rings (SSSR count). The van der Waals surface area contributed by atoms with E-state index in [0.717, 1.165) is 24.8 Å². The molecular formula is C36H37N3O7S2. The number of aliphatic hydroxyl groups is 1. The third kappa shape index (κ3) is 7.14. The van der Waals surface area contributed by atoms with Crippen molar-refractivity contribution in [3.63, 3.8) is 0 Å². The van der Waals surface area contributed by atoms with Crippen LogP contribution in [0.5, 0.6) is 23.0 Å². The quantitative estimate of drug-likeness (QED) is 0.0378. The van der Waals surface area contributed by atoms with Gasteiger partial charge in [0, 0.05) is 11.3 Å². The van der Waals surface area contributed by atoms with Crippen LogP contribution in [0.3, 0.4) is 0 Å². The Labute approximate surface area is 287 Å². The second-order valence-electron chi connectivity index (χ2n) is 11.3. The predicted molar refractivity (Wildman–Crippen MR) is 185 cm³/mol. The highest BCUT2D eigenvalue weighted by Gasteiger charge is 2.48. The van der Waals surface area contributed by atoms with E-state index < -0.39 is 17.7 Å². The first-order valence-corrected chi connectivity index (χ1v) is 17.8. The molecule has 0 radical (unpaired) electrons. The summed E-state index contributed by atoms with van der Waals surface area (Å²) in [4.78, 5) is 29.0. The molecule has 0 aliphatic carbocycles. The number of hydrogen-bond acceptors (Lipinski definition) is 11. The lowest BCUT2D eigenvalue weighted by Gasteiger charge is -2.24. The van der Waals surface area contributed by atoms with Crippen LogP contribution in [0.2, 0.25) is 0 Å². The van der Waals surface area contributed by atoms with Crippen molar-refractivity contribution in [2.75, 3.05) is 31.3 Å². The maximum Gasteiger partial charge on any atom is 0.301 e. The third-order valence-corrected chi connectivity index (χ3v) is 10.1. The number of aromatic nitrogens is 2. The maximum atomic E-state index is 13.8. The fourth-order valence-electron chi connectivity index (χ4n) is 5.50. The number of aryl methyl sites for hydroxylation is 1. The fourth-order valence-corrected chi connectivity index (χ4v) is 7.32. The highest BCUT2D eigenvalue weighted by atomic mass is 32.2. The van der Waals surface area contributed by atoms with Gasteiger partial charge in [-0.3, -0.25) is 14.5 Å². The Bertz CT molecular complexity index is 1820. The van der Waals surface area contributed by atoms with Gasteiger partial charge in [0.05, 0.1) is 24.8 Å². The number of nitrogens with zero attached hydrogens (tertiary/aromatic N) is 3. The van der Waals surface area contributed by atoms with Crippen LogP contribution < -0.4 is 23.8 Å². The fraction of sp³-hybridized carbons (Fsp3) is 0.333. The highest BCUT2D eigenvalue weighted by molar-refractivity contribution is 8.00. The van der Waals surface area contributed by atoms with Crippen molar-refractivity contribution >= 4 is 45.7 Å². The Hall–Kier alpha value is -4.55. The van der Waals surface area contributed by atoms with Gasteiger partial charge in [0.25, 0.3) is 5.78 Å². The number of amides is 1. The first-order chi connectivity index (χ1) is 23.4. The van der Waals surface area contributed by atoms with E-state index in [4.69, 9.17) is 18.9 Å². The lowest BCUT2D eigenvalue weighted by Crippen LogP contribution is -2.29. The number of hydrogen-bond donors (Lipinski definition) is 1. The van der Waals surface area contributed by atoms with Crippen molar-refractivity contribution < 1.29 is 33.6 Å². The molecule has 12 heteroatoms. The maximum absolute atomic E-state index is 13.8.